The summed E-state index contributed by atoms with van der Waals surface area (Å²) in [4.78, 5) is 1.06. The van der Waals surface area contributed by atoms with Gasteiger partial charge in [-0.2, -0.15) is 4.31 Å². The van der Waals surface area contributed by atoms with Crippen molar-refractivity contribution in [3.63, 3.8) is 0 Å². The van der Waals surface area contributed by atoms with Crippen LogP contribution in [0.25, 0.3) is 0 Å². The third-order valence-electron chi connectivity index (χ3n) is 2.73. The highest BCUT2D eigenvalue weighted by molar-refractivity contribution is 7.89. The molecule has 0 aliphatic heterocycles. The molecule has 1 heterocycles. The Balaban J connectivity index is 2.65. The van der Waals surface area contributed by atoms with E-state index in [2.05, 4.69) is 0 Å². The number of rotatable bonds is 7. The zero-order valence-electron chi connectivity index (χ0n) is 10.1. The third-order valence-corrected chi connectivity index (χ3v) is 6.03. The maximum Gasteiger partial charge on any atom is 0.214 e. The molecule has 1 rings (SSSR count). The lowest BCUT2D eigenvalue weighted by Crippen LogP contribution is -2.31. The standard InChI is InChI=1S/C11H18ClNO2S2/c1-10(11-6-5-8-16-11)13(2)17(14,15)9-4-3-7-12/h5-6,8,10H,3-4,7,9H2,1-2H3. The Morgan fingerprint density at radius 1 is 1.47 bits per heavy atom. The molecule has 0 N–H and O–H groups in total. The average molecular weight is 296 g/mol. The van der Waals surface area contributed by atoms with Crippen LogP contribution in [0.2, 0.25) is 0 Å². The topological polar surface area (TPSA) is 37.4 Å². The number of halogens is 1. The van der Waals surface area contributed by atoms with Crippen LogP contribution in [-0.2, 0) is 10.0 Å². The van der Waals surface area contributed by atoms with Crippen LogP contribution in [0.4, 0.5) is 0 Å². The minimum absolute atomic E-state index is 0.101. The minimum Gasteiger partial charge on any atom is -0.212 e. The van der Waals surface area contributed by atoms with Gasteiger partial charge < -0.3 is 0 Å². The highest BCUT2D eigenvalue weighted by Gasteiger charge is 2.24. The predicted molar refractivity (Wildman–Crippen MR) is 74.2 cm³/mol. The molecule has 0 aliphatic rings. The molecule has 1 unspecified atom stereocenters. The fourth-order valence-corrected chi connectivity index (χ4v) is 4.01. The third kappa shape index (κ3) is 4.25. The summed E-state index contributed by atoms with van der Waals surface area (Å²) in [6, 6.07) is 3.79. The van der Waals surface area contributed by atoms with Gasteiger partial charge in [0.25, 0.3) is 0 Å². The quantitative estimate of drug-likeness (QED) is 0.572. The predicted octanol–water partition coefficient (Wildman–Crippen LogP) is 3.09. The van der Waals surface area contributed by atoms with Crippen LogP contribution in [0.5, 0.6) is 0 Å². The number of hydrogen-bond donors (Lipinski definition) is 0. The van der Waals surface area contributed by atoms with E-state index >= 15 is 0 Å². The summed E-state index contributed by atoms with van der Waals surface area (Å²) in [7, 11) is -1.54. The molecular formula is C11H18ClNO2S2. The van der Waals surface area contributed by atoms with E-state index < -0.39 is 10.0 Å². The molecule has 0 saturated carbocycles. The van der Waals surface area contributed by atoms with Crippen LogP contribution in [0.3, 0.4) is 0 Å². The Morgan fingerprint density at radius 2 is 2.18 bits per heavy atom. The summed E-state index contributed by atoms with van der Waals surface area (Å²) in [5.74, 6) is 0.686. The number of alkyl halides is 1. The van der Waals surface area contributed by atoms with Crippen molar-refractivity contribution in [2.24, 2.45) is 0 Å². The SMILES string of the molecule is CC(c1cccs1)N(C)S(=O)(=O)CCCCCl. The molecule has 98 valence electrons. The first kappa shape index (κ1) is 15.0. The van der Waals surface area contributed by atoms with Crippen LogP contribution in [0.1, 0.15) is 30.7 Å². The summed E-state index contributed by atoms with van der Waals surface area (Å²) < 4.78 is 25.5. The highest BCUT2D eigenvalue weighted by Crippen LogP contribution is 2.25. The zero-order chi connectivity index (χ0) is 12.9. The lowest BCUT2D eigenvalue weighted by atomic mass is 10.3. The van der Waals surface area contributed by atoms with Gasteiger partial charge in [0.15, 0.2) is 0 Å². The van der Waals surface area contributed by atoms with E-state index in [9.17, 15) is 8.42 Å². The Kier molecular flexibility index (Phi) is 5.92. The molecule has 0 spiro atoms. The molecule has 1 atom stereocenters. The molecule has 3 nitrogen and oxygen atoms in total. The van der Waals surface area contributed by atoms with Crippen LogP contribution in [0, 0.1) is 0 Å². The lowest BCUT2D eigenvalue weighted by Gasteiger charge is -2.23. The fraction of sp³-hybridized carbons (Fsp3) is 0.636. The fourth-order valence-electron chi connectivity index (χ4n) is 1.47. The van der Waals surface area contributed by atoms with Crippen molar-refractivity contribution in [2.45, 2.75) is 25.8 Å². The van der Waals surface area contributed by atoms with Crippen molar-refractivity contribution >= 4 is 33.0 Å². The molecule has 0 fully saturated rings. The van der Waals surface area contributed by atoms with Gasteiger partial charge in [-0.05, 0) is 31.2 Å². The number of hydrogen-bond acceptors (Lipinski definition) is 3. The maximum atomic E-state index is 12.0. The first-order chi connectivity index (χ1) is 7.99. The van der Waals surface area contributed by atoms with Crippen LogP contribution >= 0.6 is 22.9 Å². The normalized spacial score (nSPS) is 14.1. The molecule has 0 aliphatic carbocycles. The van der Waals surface area contributed by atoms with Crippen molar-refractivity contribution in [3.05, 3.63) is 22.4 Å². The van der Waals surface area contributed by atoms with Gasteiger partial charge in [-0.3, -0.25) is 0 Å². The molecule has 1 aromatic heterocycles. The van der Waals surface area contributed by atoms with Crippen molar-refractivity contribution in [3.8, 4) is 0 Å². The lowest BCUT2D eigenvalue weighted by molar-refractivity contribution is 0.402. The Hall–Kier alpha value is -0.100. The Labute approximate surface area is 112 Å². The molecule has 6 heteroatoms. The number of unbranched alkanes of at least 4 members (excludes halogenated alkanes) is 1. The average Bonchev–Trinajstić information content (AvgIpc) is 2.80. The van der Waals surface area contributed by atoms with Crippen LogP contribution in [-0.4, -0.2) is 31.4 Å². The first-order valence-electron chi connectivity index (χ1n) is 5.54. The molecular weight excluding hydrogens is 278 g/mol. The van der Waals surface area contributed by atoms with Gasteiger partial charge in [-0.1, -0.05) is 6.07 Å². The van der Waals surface area contributed by atoms with Gasteiger partial charge in [0.05, 0.1) is 11.8 Å². The molecule has 17 heavy (non-hydrogen) atoms. The zero-order valence-corrected chi connectivity index (χ0v) is 12.5. The molecule has 1 aromatic rings. The summed E-state index contributed by atoms with van der Waals surface area (Å²) in [6.45, 7) is 1.91. The van der Waals surface area contributed by atoms with E-state index in [1.165, 1.54) is 4.31 Å². The van der Waals surface area contributed by atoms with E-state index in [1.54, 1.807) is 18.4 Å². The van der Waals surface area contributed by atoms with Gasteiger partial charge in [-0.15, -0.1) is 22.9 Å². The summed E-state index contributed by atoms with van der Waals surface area (Å²) in [5.41, 5.74) is 0. The van der Waals surface area contributed by atoms with Gasteiger partial charge in [-0.25, -0.2) is 8.42 Å². The molecule has 0 saturated heterocycles. The van der Waals surface area contributed by atoms with E-state index in [1.807, 2.05) is 24.4 Å². The monoisotopic (exact) mass is 295 g/mol. The van der Waals surface area contributed by atoms with E-state index in [-0.39, 0.29) is 11.8 Å². The van der Waals surface area contributed by atoms with Crippen LogP contribution < -0.4 is 0 Å². The van der Waals surface area contributed by atoms with E-state index in [0.29, 0.717) is 12.3 Å². The van der Waals surface area contributed by atoms with Crippen LogP contribution in [0.15, 0.2) is 17.5 Å². The molecule has 0 amide bonds. The van der Waals surface area contributed by atoms with Gasteiger partial charge in [0.1, 0.15) is 0 Å². The number of thiophene rings is 1. The van der Waals surface area contributed by atoms with Crippen molar-refractivity contribution in [1.82, 2.24) is 4.31 Å². The smallest absolute Gasteiger partial charge is 0.212 e. The summed E-state index contributed by atoms with van der Waals surface area (Å²) >= 11 is 7.12. The maximum absolute atomic E-state index is 12.0. The van der Waals surface area contributed by atoms with E-state index in [4.69, 9.17) is 11.6 Å². The second-order valence-electron chi connectivity index (χ2n) is 3.92. The molecule has 0 aromatic carbocycles. The summed E-state index contributed by atoms with van der Waals surface area (Å²) in [6.07, 6.45) is 1.36. The Bertz CT molecular complexity index is 417. The van der Waals surface area contributed by atoms with Crippen molar-refractivity contribution in [2.75, 3.05) is 18.7 Å². The largest absolute Gasteiger partial charge is 0.214 e. The minimum atomic E-state index is -3.18. The molecule has 0 bridgehead atoms. The van der Waals surface area contributed by atoms with E-state index in [0.717, 1.165) is 11.3 Å². The Morgan fingerprint density at radius 3 is 2.71 bits per heavy atom. The molecule has 0 radical (unpaired) electrons. The van der Waals surface area contributed by atoms with Crippen molar-refractivity contribution < 1.29 is 8.42 Å². The second kappa shape index (κ2) is 6.73. The second-order valence-corrected chi connectivity index (χ2v) is 7.42. The highest BCUT2D eigenvalue weighted by atomic mass is 35.5. The van der Waals surface area contributed by atoms with Gasteiger partial charge in [0, 0.05) is 17.8 Å². The summed E-state index contributed by atoms with van der Waals surface area (Å²) in [5, 5.41) is 1.96. The van der Waals surface area contributed by atoms with Crippen molar-refractivity contribution in [1.29, 1.82) is 0 Å². The first-order valence-corrected chi connectivity index (χ1v) is 8.56. The van der Waals surface area contributed by atoms with Gasteiger partial charge >= 0.3 is 0 Å². The number of sulfonamides is 1. The number of nitrogens with zero attached hydrogens (tertiary/aromatic N) is 1. The van der Waals surface area contributed by atoms with Gasteiger partial charge in [0.2, 0.25) is 10.0 Å².